The molecule has 1 amide bonds. The van der Waals surface area contributed by atoms with Gasteiger partial charge in [0.1, 0.15) is 5.75 Å². The van der Waals surface area contributed by atoms with Gasteiger partial charge in [-0.3, -0.25) is 4.79 Å². The Labute approximate surface area is 131 Å². The number of halogens is 3. The Bertz CT molecular complexity index is 689. The van der Waals surface area contributed by atoms with Gasteiger partial charge in [0, 0.05) is 11.8 Å². The summed E-state index contributed by atoms with van der Waals surface area (Å²) in [5.41, 5.74) is 0.333. The minimum Gasteiger partial charge on any atom is -0.497 e. The lowest BCUT2D eigenvalue weighted by atomic mass is 10.2. The van der Waals surface area contributed by atoms with Crippen molar-refractivity contribution >= 4 is 17.7 Å². The summed E-state index contributed by atoms with van der Waals surface area (Å²) in [4.78, 5) is 11.7. The lowest BCUT2D eigenvalue weighted by Gasteiger charge is -2.07. The van der Waals surface area contributed by atoms with Crippen LogP contribution in [0.2, 0.25) is 0 Å². The second-order valence-corrected chi connectivity index (χ2v) is 4.67. The SMILES string of the molecule is COc1ccc(/C=C/C(=O)Nc2ccc(C(F)(F)F)cc2)cc1. The summed E-state index contributed by atoms with van der Waals surface area (Å²) >= 11 is 0. The summed E-state index contributed by atoms with van der Waals surface area (Å²) < 4.78 is 42.3. The van der Waals surface area contributed by atoms with Gasteiger partial charge in [0.05, 0.1) is 12.7 Å². The van der Waals surface area contributed by atoms with E-state index in [0.717, 1.165) is 17.7 Å². The molecule has 2 rings (SSSR count). The largest absolute Gasteiger partial charge is 0.497 e. The van der Waals surface area contributed by atoms with Crippen molar-refractivity contribution in [3.05, 3.63) is 65.7 Å². The minimum absolute atomic E-state index is 0.294. The third-order valence-electron chi connectivity index (χ3n) is 3.02. The molecule has 0 radical (unpaired) electrons. The summed E-state index contributed by atoms with van der Waals surface area (Å²) in [6.07, 6.45) is -1.49. The fourth-order valence-corrected chi connectivity index (χ4v) is 1.81. The molecule has 0 saturated heterocycles. The first-order chi connectivity index (χ1) is 10.9. The van der Waals surface area contributed by atoms with Crippen molar-refractivity contribution in [2.45, 2.75) is 6.18 Å². The van der Waals surface area contributed by atoms with Gasteiger partial charge >= 0.3 is 6.18 Å². The molecule has 0 aliphatic heterocycles. The van der Waals surface area contributed by atoms with Crippen LogP contribution in [0.1, 0.15) is 11.1 Å². The second kappa shape index (κ2) is 7.00. The topological polar surface area (TPSA) is 38.3 Å². The predicted octanol–water partition coefficient (Wildman–Crippen LogP) is 4.37. The number of rotatable bonds is 4. The number of carbonyl (C=O) groups is 1. The smallest absolute Gasteiger partial charge is 0.416 e. The number of hydrogen-bond acceptors (Lipinski definition) is 2. The van der Waals surface area contributed by atoms with Gasteiger partial charge < -0.3 is 10.1 Å². The first-order valence-corrected chi connectivity index (χ1v) is 6.69. The fraction of sp³-hybridized carbons (Fsp3) is 0.118. The second-order valence-electron chi connectivity index (χ2n) is 4.67. The first-order valence-electron chi connectivity index (χ1n) is 6.69. The molecule has 0 atom stereocenters. The highest BCUT2D eigenvalue weighted by molar-refractivity contribution is 6.01. The number of hydrogen-bond donors (Lipinski definition) is 1. The summed E-state index contributed by atoms with van der Waals surface area (Å²) in [5.74, 6) is 0.275. The van der Waals surface area contributed by atoms with Crippen LogP contribution in [0.5, 0.6) is 5.75 Å². The maximum atomic E-state index is 12.4. The predicted molar refractivity (Wildman–Crippen MR) is 82.1 cm³/mol. The lowest BCUT2D eigenvalue weighted by molar-refractivity contribution is -0.137. The van der Waals surface area contributed by atoms with E-state index in [-0.39, 0.29) is 0 Å². The molecule has 2 aromatic rings. The van der Waals surface area contributed by atoms with E-state index in [2.05, 4.69) is 5.32 Å². The molecule has 0 heterocycles. The van der Waals surface area contributed by atoms with Gasteiger partial charge in [0.15, 0.2) is 0 Å². The molecule has 120 valence electrons. The molecule has 6 heteroatoms. The van der Waals surface area contributed by atoms with Gasteiger partial charge in [-0.2, -0.15) is 13.2 Å². The average Bonchev–Trinajstić information content (AvgIpc) is 2.53. The third kappa shape index (κ3) is 4.88. The maximum Gasteiger partial charge on any atom is 0.416 e. The molecule has 0 aliphatic rings. The Balaban J connectivity index is 1.97. The molecular weight excluding hydrogens is 307 g/mol. The number of methoxy groups -OCH3 is 1. The van der Waals surface area contributed by atoms with E-state index in [0.29, 0.717) is 11.4 Å². The van der Waals surface area contributed by atoms with Crippen LogP contribution in [0, 0.1) is 0 Å². The molecular formula is C17H14F3NO2. The summed E-state index contributed by atoms with van der Waals surface area (Å²) in [5, 5.41) is 2.50. The monoisotopic (exact) mass is 321 g/mol. The number of ether oxygens (including phenoxy) is 1. The highest BCUT2D eigenvalue weighted by Crippen LogP contribution is 2.29. The molecule has 0 saturated carbocycles. The highest BCUT2D eigenvalue weighted by atomic mass is 19.4. The number of amides is 1. The van der Waals surface area contributed by atoms with Crippen LogP contribution >= 0.6 is 0 Å². The molecule has 0 aliphatic carbocycles. The van der Waals surface area contributed by atoms with Crippen LogP contribution in [0.4, 0.5) is 18.9 Å². The van der Waals surface area contributed by atoms with Gasteiger partial charge in [-0.25, -0.2) is 0 Å². The van der Waals surface area contributed by atoms with E-state index in [1.54, 1.807) is 37.5 Å². The zero-order chi connectivity index (χ0) is 16.9. The zero-order valence-corrected chi connectivity index (χ0v) is 12.2. The normalized spacial score (nSPS) is 11.5. The van der Waals surface area contributed by atoms with E-state index < -0.39 is 17.6 Å². The Hall–Kier alpha value is -2.76. The van der Waals surface area contributed by atoms with Crippen LogP contribution in [0.15, 0.2) is 54.6 Å². The van der Waals surface area contributed by atoms with Crippen LogP contribution in [-0.2, 0) is 11.0 Å². The third-order valence-corrected chi connectivity index (χ3v) is 3.02. The number of carbonyl (C=O) groups excluding carboxylic acids is 1. The Morgan fingerprint density at radius 1 is 1.04 bits per heavy atom. The molecule has 0 aromatic heterocycles. The van der Waals surface area contributed by atoms with Crippen molar-refractivity contribution in [1.29, 1.82) is 0 Å². The summed E-state index contributed by atoms with van der Waals surface area (Å²) in [6, 6.07) is 11.3. The molecule has 2 aromatic carbocycles. The molecule has 3 nitrogen and oxygen atoms in total. The van der Waals surface area contributed by atoms with E-state index in [9.17, 15) is 18.0 Å². The van der Waals surface area contributed by atoms with Crippen LogP contribution in [-0.4, -0.2) is 13.0 Å². The first kappa shape index (κ1) is 16.6. The number of benzene rings is 2. The van der Waals surface area contributed by atoms with Crippen molar-refractivity contribution in [1.82, 2.24) is 0 Å². The lowest BCUT2D eigenvalue weighted by Crippen LogP contribution is -2.09. The van der Waals surface area contributed by atoms with Gasteiger partial charge in [-0.1, -0.05) is 12.1 Å². The highest BCUT2D eigenvalue weighted by Gasteiger charge is 2.29. The van der Waals surface area contributed by atoms with Crippen LogP contribution in [0.3, 0.4) is 0 Å². The molecule has 23 heavy (non-hydrogen) atoms. The van der Waals surface area contributed by atoms with Gasteiger partial charge in [0.2, 0.25) is 5.91 Å². The molecule has 0 bridgehead atoms. The van der Waals surface area contributed by atoms with E-state index in [1.807, 2.05) is 0 Å². The van der Waals surface area contributed by atoms with Crippen molar-refractivity contribution in [3.8, 4) is 5.75 Å². The summed E-state index contributed by atoms with van der Waals surface area (Å²) in [6.45, 7) is 0. The van der Waals surface area contributed by atoms with Crippen LogP contribution < -0.4 is 10.1 Å². The fourth-order valence-electron chi connectivity index (χ4n) is 1.81. The number of alkyl halides is 3. The standard InChI is InChI=1S/C17H14F3NO2/c1-23-15-9-2-12(3-10-15)4-11-16(22)21-14-7-5-13(6-8-14)17(18,19)20/h2-11H,1H3,(H,21,22)/b11-4+. The molecule has 0 spiro atoms. The zero-order valence-electron chi connectivity index (χ0n) is 12.2. The Morgan fingerprint density at radius 3 is 2.17 bits per heavy atom. The van der Waals surface area contributed by atoms with E-state index in [1.165, 1.54) is 18.2 Å². The van der Waals surface area contributed by atoms with Gasteiger partial charge in [-0.15, -0.1) is 0 Å². The molecule has 0 unspecified atom stereocenters. The van der Waals surface area contributed by atoms with Crippen molar-refractivity contribution in [2.24, 2.45) is 0 Å². The van der Waals surface area contributed by atoms with E-state index >= 15 is 0 Å². The van der Waals surface area contributed by atoms with Crippen molar-refractivity contribution in [2.75, 3.05) is 12.4 Å². The van der Waals surface area contributed by atoms with Gasteiger partial charge in [0.25, 0.3) is 0 Å². The van der Waals surface area contributed by atoms with Crippen LogP contribution in [0.25, 0.3) is 6.08 Å². The number of anilines is 1. The van der Waals surface area contributed by atoms with E-state index in [4.69, 9.17) is 4.74 Å². The average molecular weight is 321 g/mol. The van der Waals surface area contributed by atoms with Crippen molar-refractivity contribution in [3.63, 3.8) is 0 Å². The maximum absolute atomic E-state index is 12.4. The summed E-state index contributed by atoms with van der Waals surface area (Å²) in [7, 11) is 1.56. The minimum atomic E-state index is -4.39. The Morgan fingerprint density at radius 2 is 1.65 bits per heavy atom. The van der Waals surface area contributed by atoms with Crippen molar-refractivity contribution < 1.29 is 22.7 Å². The Kier molecular flexibility index (Phi) is 5.05. The quantitative estimate of drug-likeness (QED) is 0.850. The van der Waals surface area contributed by atoms with Gasteiger partial charge in [-0.05, 0) is 48.0 Å². The molecule has 1 N–H and O–H groups in total. The number of nitrogens with one attached hydrogen (secondary N) is 1. The molecule has 0 fully saturated rings.